The van der Waals surface area contributed by atoms with E-state index < -0.39 is 13.3 Å². The van der Waals surface area contributed by atoms with E-state index in [9.17, 15) is 4.39 Å². The van der Waals surface area contributed by atoms with Crippen LogP contribution in [0.5, 0.6) is 0 Å². The van der Waals surface area contributed by atoms with Gasteiger partial charge < -0.3 is 0 Å². The van der Waals surface area contributed by atoms with Gasteiger partial charge in [0.05, 0.1) is 0 Å². The molecule has 0 saturated carbocycles. The standard InChI is InChI=1S/C16H21FGeN/c1-12-6-7-13(17)10-15(12)16-11-14(18(2,3)4)8-9-19(16)5/h6-11H,1-5H3/q+1. The molecule has 0 spiro atoms. The average Bonchev–Trinajstić information content (AvgIpc) is 2.32. The second-order valence-corrected chi connectivity index (χ2v) is 16.8. The number of benzene rings is 1. The molecular weight excluding hydrogens is 298 g/mol. The van der Waals surface area contributed by atoms with Gasteiger partial charge in [-0.05, 0) is 0 Å². The molecule has 19 heavy (non-hydrogen) atoms. The molecule has 1 aromatic carbocycles. The number of pyridine rings is 1. The van der Waals surface area contributed by atoms with Gasteiger partial charge in [-0.2, -0.15) is 0 Å². The molecule has 0 fully saturated rings. The summed E-state index contributed by atoms with van der Waals surface area (Å²) >= 11 is -1.86. The summed E-state index contributed by atoms with van der Waals surface area (Å²) in [5, 5.41) is 0. The van der Waals surface area contributed by atoms with Crippen molar-refractivity contribution in [3.05, 3.63) is 47.9 Å². The zero-order chi connectivity index (χ0) is 14.2. The van der Waals surface area contributed by atoms with Crippen molar-refractivity contribution in [3.8, 4) is 11.3 Å². The van der Waals surface area contributed by atoms with Crippen molar-refractivity contribution in [2.24, 2.45) is 7.05 Å². The molecule has 0 aliphatic rings. The van der Waals surface area contributed by atoms with Gasteiger partial charge >= 0.3 is 117 Å². The van der Waals surface area contributed by atoms with Crippen LogP contribution in [0.4, 0.5) is 4.39 Å². The fraction of sp³-hybridized carbons (Fsp3) is 0.312. The molecule has 1 aromatic heterocycles. The molecule has 100 valence electrons. The van der Waals surface area contributed by atoms with Crippen LogP contribution in [0.2, 0.25) is 17.3 Å². The Morgan fingerprint density at radius 3 is 2.37 bits per heavy atom. The van der Waals surface area contributed by atoms with Crippen LogP contribution in [0.15, 0.2) is 36.5 Å². The summed E-state index contributed by atoms with van der Waals surface area (Å²) in [5.74, 6) is 6.94. The molecule has 0 saturated heterocycles. The van der Waals surface area contributed by atoms with Crippen LogP contribution in [-0.2, 0) is 7.05 Å². The van der Waals surface area contributed by atoms with E-state index in [0.29, 0.717) is 0 Å². The molecule has 2 aromatic rings. The molecule has 0 radical (unpaired) electrons. The molecule has 0 amide bonds. The molecule has 0 aliphatic carbocycles. The van der Waals surface area contributed by atoms with E-state index in [0.717, 1.165) is 16.8 Å². The predicted octanol–water partition coefficient (Wildman–Crippen LogP) is 3.17. The molecule has 1 heterocycles. The van der Waals surface area contributed by atoms with E-state index in [1.807, 2.05) is 20.0 Å². The van der Waals surface area contributed by atoms with Gasteiger partial charge in [-0.3, -0.25) is 0 Å². The van der Waals surface area contributed by atoms with E-state index in [4.69, 9.17) is 0 Å². The summed E-state index contributed by atoms with van der Waals surface area (Å²) in [5.41, 5.74) is 3.18. The van der Waals surface area contributed by atoms with Crippen LogP contribution in [0, 0.1) is 12.7 Å². The van der Waals surface area contributed by atoms with E-state index >= 15 is 0 Å². The Hall–Kier alpha value is -1.16. The molecule has 2 rings (SSSR count). The van der Waals surface area contributed by atoms with Crippen molar-refractivity contribution in [1.82, 2.24) is 0 Å². The van der Waals surface area contributed by atoms with Crippen molar-refractivity contribution in [1.29, 1.82) is 0 Å². The van der Waals surface area contributed by atoms with Gasteiger partial charge in [0.2, 0.25) is 0 Å². The van der Waals surface area contributed by atoms with Crippen molar-refractivity contribution >= 4 is 17.7 Å². The molecule has 3 heteroatoms. The van der Waals surface area contributed by atoms with Crippen LogP contribution in [0.1, 0.15) is 5.56 Å². The quantitative estimate of drug-likeness (QED) is 0.591. The number of aryl methyl sites for hydroxylation is 2. The van der Waals surface area contributed by atoms with Crippen molar-refractivity contribution < 1.29 is 8.96 Å². The van der Waals surface area contributed by atoms with Crippen molar-refractivity contribution in [2.45, 2.75) is 24.2 Å². The first kappa shape index (κ1) is 14.3. The van der Waals surface area contributed by atoms with Gasteiger partial charge in [0, 0.05) is 0 Å². The molecule has 0 N–H and O–H groups in total. The Bertz CT molecular complexity index is 615. The number of nitrogens with zero attached hydrogens (tertiary/aromatic N) is 1. The second-order valence-electron chi connectivity index (χ2n) is 6.12. The topological polar surface area (TPSA) is 3.88 Å². The third-order valence-electron chi connectivity index (χ3n) is 3.49. The van der Waals surface area contributed by atoms with E-state index in [1.54, 1.807) is 6.07 Å². The Morgan fingerprint density at radius 2 is 1.74 bits per heavy atom. The van der Waals surface area contributed by atoms with Gasteiger partial charge in [0.15, 0.2) is 0 Å². The monoisotopic (exact) mass is 320 g/mol. The van der Waals surface area contributed by atoms with Gasteiger partial charge in [0.25, 0.3) is 0 Å². The Kier molecular flexibility index (Phi) is 3.81. The van der Waals surface area contributed by atoms with Gasteiger partial charge in [-0.25, -0.2) is 0 Å². The fourth-order valence-electron chi connectivity index (χ4n) is 2.17. The minimum atomic E-state index is -1.86. The molecule has 0 bridgehead atoms. The summed E-state index contributed by atoms with van der Waals surface area (Å²) in [7, 11) is 2.01. The SMILES string of the molecule is Cc1ccc(F)cc1-c1c[c]([Ge]([CH3])([CH3])[CH3])cc[n+]1C. The summed E-state index contributed by atoms with van der Waals surface area (Å²) in [4.78, 5) is 0. The number of halogens is 1. The molecule has 0 aliphatic heterocycles. The van der Waals surface area contributed by atoms with Crippen molar-refractivity contribution in [3.63, 3.8) is 0 Å². The van der Waals surface area contributed by atoms with E-state index in [2.05, 4.69) is 40.2 Å². The molecule has 1 nitrogen and oxygen atoms in total. The number of rotatable bonds is 2. The molecule has 0 unspecified atom stereocenters. The maximum atomic E-state index is 13.5. The Morgan fingerprint density at radius 1 is 1.05 bits per heavy atom. The van der Waals surface area contributed by atoms with Crippen molar-refractivity contribution in [2.75, 3.05) is 0 Å². The number of hydrogen-bond acceptors (Lipinski definition) is 0. The fourth-order valence-corrected chi connectivity index (χ4v) is 4.57. The van der Waals surface area contributed by atoms with Crippen LogP contribution in [0.25, 0.3) is 11.3 Å². The third kappa shape index (κ3) is 3.06. The maximum absolute atomic E-state index is 13.5. The van der Waals surface area contributed by atoms with Crippen LogP contribution in [0.3, 0.4) is 0 Å². The summed E-state index contributed by atoms with van der Waals surface area (Å²) in [6.45, 7) is 2.03. The first-order valence-corrected chi connectivity index (χ1v) is 13.9. The summed E-state index contributed by atoms with van der Waals surface area (Å²) in [6.07, 6.45) is 2.09. The van der Waals surface area contributed by atoms with E-state index in [-0.39, 0.29) is 5.82 Å². The van der Waals surface area contributed by atoms with Gasteiger partial charge in [-0.15, -0.1) is 0 Å². The predicted molar refractivity (Wildman–Crippen MR) is 80.7 cm³/mol. The first-order valence-electron chi connectivity index (χ1n) is 6.56. The van der Waals surface area contributed by atoms with E-state index in [1.165, 1.54) is 10.5 Å². The zero-order valence-corrected chi connectivity index (χ0v) is 14.4. The second kappa shape index (κ2) is 5.08. The Balaban J connectivity index is 2.64. The van der Waals surface area contributed by atoms with Crippen LogP contribution >= 0.6 is 0 Å². The zero-order valence-electron chi connectivity index (χ0n) is 12.3. The van der Waals surface area contributed by atoms with Gasteiger partial charge in [0.1, 0.15) is 0 Å². The van der Waals surface area contributed by atoms with Crippen LogP contribution < -0.4 is 8.96 Å². The molecule has 0 atom stereocenters. The number of aromatic nitrogens is 1. The number of hydrogen-bond donors (Lipinski definition) is 0. The normalized spacial score (nSPS) is 11.7. The molecular formula is C16H21FGeN+. The van der Waals surface area contributed by atoms with Gasteiger partial charge in [-0.1, -0.05) is 0 Å². The first-order chi connectivity index (χ1) is 8.79. The van der Waals surface area contributed by atoms with Crippen LogP contribution in [-0.4, -0.2) is 13.3 Å². The minimum absolute atomic E-state index is 0.178. The summed E-state index contributed by atoms with van der Waals surface area (Å²) in [6, 6.07) is 9.43. The summed E-state index contributed by atoms with van der Waals surface area (Å²) < 4.78 is 17.0. The Labute approximate surface area is 117 Å². The average molecular weight is 319 g/mol. The third-order valence-corrected chi connectivity index (χ3v) is 7.78.